The highest BCUT2D eigenvalue weighted by atomic mass is 16.2. The van der Waals surface area contributed by atoms with Gasteiger partial charge in [0, 0.05) is 16.8 Å². The average molecular weight is 308 g/mol. The number of hydrogen-bond donors (Lipinski definition) is 2. The lowest BCUT2D eigenvalue weighted by Crippen LogP contribution is -2.20. The molecule has 0 unspecified atom stereocenters. The number of rotatable bonds is 3. The van der Waals surface area contributed by atoms with E-state index in [1.165, 1.54) is 5.56 Å². The normalized spacial score (nSPS) is 10.9. The number of fused-ring (bicyclic) bond motifs is 1. The lowest BCUT2D eigenvalue weighted by Gasteiger charge is -2.13. The third-order valence-corrected chi connectivity index (χ3v) is 3.90. The summed E-state index contributed by atoms with van der Waals surface area (Å²) < 4.78 is 1.67. The van der Waals surface area contributed by atoms with E-state index in [-0.39, 0.29) is 12.5 Å². The van der Waals surface area contributed by atoms with Crippen LogP contribution in [0.15, 0.2) is 36.5 Å². The SMILES string of the molecule is Cc1cc(C)c(NC(=O)Cn2ncc3ccc(N)cc32)c(C)c1. The van der Waals surface area contributed by atoms with Crippen LogP contribution in [0.4, 0.5) is 11.4 Å². The number of amides is 1. The highest BCUT2D eigenvalue weighted by Gasteiger charge is 2.11. The largest absolute Gasteiger partial charge is 0.399 e. The van der Waals surface area contributed by atoms with Crippen molar-refractivity contribution >= 4 is 28.2 Å². The van der Waals surface area contributed by atoms with E-state index < -0.39 is 0 Å². The fourth-order valence-corrected chi connectivity index (χ4v) is 2.91. The second-order valence-corrected chi connectivity index (χ2v) is 5.94. The molecule has 23 heavy (non-hydrogen) atoms. The van der Waals surface area contributed by atoms with Gasteiger partial charge < -0.3 is 11.1 Å². The molecular weight excluding hydrogens is 288 g/mol. The third-order valence-electron chi connectivity index (χ3n) is 3.90. The van der Waals surface area contributed by atoms with Crippen molar-refractivity contribution in [2.45, 2.75) is 27.3 Å². The Morgan fingerprint density at radius 1 is 1.17 bits per heavy atom. The summed E-state index contributed by atoms with van der Waals surface area (Å²) >= 11 is 0. The molecule has 0 radical (unpaired) electrons. The number of hydrogen-bond acceptors (Lipinski definition) is 3. The van der Waals surface area contributed by atoms with Crippen molar-refractivity contribution in [1.29, 1.82) is 0 Å². The fraction of sp³-hybridized carbons (Fsp3) is 0.222. The number of nitrogens with two attached hydrogens (primary N) is 1. The van der Waals surface area contributed by atoms with Crippen molar-refractivity contribution in [3.05, 3.63) is 53.2 Å². The van der Waals surface area contributed by atoms with E-state index in [9.17, 15) is 4.79 Å². The molecule has 3 aromatic rings. The van der Waals surface area contributed by atoms with Crippen LogP contribution in [0, 0.1) is 20.8 Å². The minimum absolute atomic E-state index is 0.104. The number of aromatic nitrogens is 2. The first-order chi connectivity index (χ1) is 10.9. The van der Waals surface area contributed by atoms with Gasteiger partial charge in [0.1, 0.15) is 6.54 Å². The van der Waals surface area contributed by atoms with E-state index in [0.29, 0.717) is 5.69 Å². The van der Waals surface area contributed by atoms with Gasteiger partial charge in [0.25, 0.3) is 0 Å². The Labute approximate surface area is 135 Å². The van der Waals surface area contributed by atoms with Crippen LogP contribution < -0.4 is 11.1 Å². The van der Waals surface area contributed by atoms with Gasteiger partial charge in [-0.15, -0.1) is 0 Å². The van der Waals surface area contributed by atoms with Crippen molar-refractivity contribution in [3.8, 4) is 0 Å². The first-order valence-electron chi connectivity index (χ1n) is 7.53. The molecule has 0 aliphatic rings. The van der Waals surface area contributed by atoms with Crippen LogP contribution in [0.2, 0.25) is 0 Å². The minimum atomic E-state index is -0.104. The zero-order chi connectivity index (χ0) is 16.6. The number of anilines is 2. The molecule has 1 amide bonds. The van der Waals surface area contributed by atoms with Gasteiger partial charge >= 0.3 is 0 Å². The fourth-order valence-electron chi connectivity index (χ4n) is 2.91. The van der Waals surface area contributed by atoms with Gasteiger partial charge in [0.05, 0.1) is 11.7 Å². The molecule has 0 aliphatic heterocycles. The lowest BCUT2D eigenvalue weighted by atomic mass is 10.1. The predicted octanol–water partition coefficient (Wildman–Crippen LogP) is 3.18. The maximum Gasteiger partial charge on any atom is 0.246 e. The van der Waals surface area contributed by atoms with Crippen LogP contribution in [0.1, 0.15) is 16.7 Å². The minimum Gasteiger partial charge on any atom is -0.399 e. The van der Waals surface area contributed by atoms with Crippen molar-refractivity contribution in [2.75, 3.05) is 11.1 Å². The molecule has 0 aliphatic carbocycles. The molecule has 3 N–H and O–H groups in total. The van der Waals surface area contributed by atoms with Crippen LogP contribution in [0.3, 0.4) is 0 Å². The molecule has 118 valence electrons. The standard InChI is InChI=1S/C18H20N4O/c1-11-6-12(2)18(13(3)7-11)21-17(23)10-22-16-8-15(19)5-4-14(16)9-20-22/h4-9H,10,19H2,1-3H3,(H,21,23). The quantitative estimate of drug-likeness (QED) is 0.730. The average Bonchev–Trinajstić information content (AvgIpc) is 2.85. The Hall–Kier alpha value is -2.82. The second-order valence-electron chi connectivity index (χ2n) is 5.94. The van der Waals surface area contributed by atoms with E-state index in [0.717, 1.165) is 27.7 Å². The van der Waals surface area contributed by atoms with E-state index in [4.69, 9.17) is 5.73 Å². The van der Waals surface area contributed by atoms with Gasteiger partial charge in [-0.1, -0.05) is 17.7 Å². The van der Waals surface area contributed by atoms with Crippen LogP contribution >= 0.6 is 0 Å². The summed E-state index contributed by atoms with van der Waals surface area (Å²) in [6, 6.07) is 9.69. The van der Waals surface area contributed by atoms with Gasteiger partial charge in [0.15, 0.2) is 0 Å². The molecule has 0 atom stereocenters. The van der Waals surface area contributed by atoms with Crippen LogP contribution in [-0.4, -0.2) is 15.7 Å². The van der Waals surface area contributed by atoms with E-state index in [1.54, 1.807) is 10.9 Å². The van der Waals surface area contributed by atoms with Crippen molar-refractivity contribution < 1.29 is 4.79 Å². The summed E-state index contributed by atoms with van der Waals surface area (Å²) in [6.07, 6.45) is 1.74. The number of carbonyl (C=O) groups excluding carboxylic acids is 1. The van der Waals surface area contributed by atoms with E-state index >= 15 is 0 Å². The summed E-state index contributed by atoms with van der Waals surface area (Å²) in [6.45, 7) is 6.20. The summed E-state index contributed by atoms with van der Waals surface area (Å²) in [5.41, 5.74) is 11.5. The van der Waals surface area contributed by atoms with Gasteiger partial charge in [-0.25, -0.2) is 0 Å². The van der Waals surface area contributed by atoms with E-state index in [1.807, 2.05) is 39.0 Å². The number of benzene rings is 2. The highest BCUT2D eigenvalue weighted by molar-refractivity contribution is 5.93. The first kappa shape index (κ1) is 15.1. The molecule has 0 saturated carbocycles. The predicted molar refractivity (Wildman–Crippen MR) is 93.4 cm³/mol. The molecule has 0 spiro atoms. The molecule has 1 aromatic heterocycles. The maximum atomic E-state index is 12.4. The Morgan fingerprint density at radius 3 is 2.57 bits per heavy atom. The molecule has 0 bridgehead atoms. The van der Waals surface area contributed by atoms with Crippen LogP contribution in [0.25, 0.3) is 10.9 Å². The van der Waals surface area contributed by atoms with Gasteiger partial charge in [-0.3, -0.25) is 9.48 Å². The molecule has 5 heteroatoms. The number of nitrogens with one attached hydrogen (secondary N) is 1. The Kier molecular flexibility index (Phi) is 3.78. The van der Waals surface area contributed by atoms with Crippen LogP contribution in [-0.2, 0) is 11.3 Å². The maximum absolute atomic E-state index is 12.4. The number of carbonyl (C=O) groups is 1. The van der Waals surface area contributed by atoms with Crippen molar-refractivity contribution in [3.63, 3.8) is 0 Å². The molecule has 0 saturated heterocycles. The lowest BCUT2D eigenvalue weighted by molar-refractivity contribution is -0.116. The van der Waals surface area contributed by atoms with E-state index in [2.05, 4.69) is 22.5 Å². The van der Waals surface area contributed by atoms with Gasteiger partial charge in [-0.2, -0.15) is 5.10 Å². The summed E-state index contributed by atoms with van der Waals surface area (Å²) in [4.78, 5) is 12.4. The first-order valence-corrected chi connectivity index (χ1v) is 7.53. The Morgan fingerprint density at radius 2 is 1.87 bits per heavy atom. The summed E-state index contributed by atoms with van der Waals surface area (Å²) in [5.74, 6) is -0.104. The highest BCUT2D eigenvalue weighted by Crippen LogP contribution is 2.22. The second kappa shape index (κ2) is 5.76. The molecule has 1 heterocycles. The number of nitrogen functional groups attached to an aromatic ring is 1. The topological polar surface area (TPSA) is 72.9 Å². The zero-order valence-corrected chi connectivity index (χ0v) is 13.6. The summed E-state index contributed by atoms with van der Waals surface area (Å²) in [5, 5.41) is 8.24. The number of nitrogens with zero attached hydrogens (tertiary/aromatic N) is 2. The molecule has 0 fully saturated rings. The molecular formula is C18H20N4O. The third kappa shape index (κ3) is 3.04. The zero-order valence-electron chi connectivity index (χ0n) is 13.6. The monoisotopic (exact) mass is 308 g/mol. The summed E-state index contributed by atoms with van der Waals surface area (Å²) in [7, 11) is 0. The van der Waals surface area contributed by atoms with Crippen LogP contribution in [0.5, 0.6) is 0 Å². The molecule has 5 nitrogen and oxygen atoms in total. The Balaban J connectivity index is 1.83. The molecule has 2 aromatic carbocycles. The Bertz CT molecular complexity index is 872. The van der Waals surface area contributed by atoms with Crippen molar-refractivity contribution in [1.82, 2.24) is 9.78 Å². The van der Waals surface area contributed by atoms with Gasteiger partial charge in [0.2, 0.25) is 5.91 Å². The van der Waals surface area contributed by atoms with Crippen molar-refractivity contribution in [2.24, 2.45) is 0 Å². The number of aryl methyl sites for hydroxylation is 3. The van der Waals surface area contributed by atoms with Gasteiger partial charge in [-0.05, 0) is 50.1 Å². The molecule has 3 rings (SSSR count). The smallest absolute Gasteiger partial charge is 0.246 e.